The number of hydrogen-bond donors (Lipinski definition) is 1. The molecule has 1 amide bonds. The first-order chi connectivity index (χ1) is 16.0. The number of anilines is 1. The minimum absolute atomic E-state index is 0.0430. The van der Waals surface area contributed by atoms with Crippen LogP contribution in [0.3, 0.4) is 0 Å². The number of amides is 1. The molecule has 2 aliphatic rings. The summed E-state index contributed by atoms with van der Waals surface area (Å²) in [7, 11) is 0. The average molecular weight is 469 g/mol. The van der Waals surface area contributed by atoms with E-state index in [-0.39, 0.29) is 18.2 Å². The molecular weight excluding hydrogens is 436 g/mol. The van der Waals surface area contributed by atoms with Crippen LogP contribution in [0.5, 0.6) is 0 Å². The predicted molar refractivity (Wildman–Crippen MR) is 130 cm³/mol. The molecule has 33 heavy (non-hydrogen) atoms. The van der Waals surface area contributed by atoms with E-state index in [9.17, 15) is 14.7 Å². The molecule has 0 saturated carbocycles. The molecule has 7 nitrogen and oxygen atoms in total. The number of carboxylic acids is 1. The Bertz CT molecular complexity index is 971. The lowest BCUT2D eigenvalue weighted by atomic mass is 9.95. The van der Waals surface area contributed by atoms with Gasteiger partial charge in [-0.1, -0.05) is 13.0 Å². The summed E-state index contributed by atoms with van der Waals surface area (Å²) in [5.41, 5.74) is 1.85. The maximum Gasteiger partial charge on any atom is 0.303 e. The largest absolute Gasteiger partial charge is 0.481 e. The normalized spacial score (nSPS) is 20.8. The minimum atomic E-state index is -0.745. The zero-order valence-electron chi connectivity index (χ0n) is 19.2. The highest BCUT2D eigenvalue weighted by Gasteiger charge is 2.30. The first kappa shape index (κ1) is 23.5. The van der Waals surface area contributed by atoms with E-state index in [1.165, 1.54) is 5.56 Å². The van der Waals surface area contributed by atoms with Gasteiger partial charge < -0.3 is 14.9 Å². The fourth-order valence-corrected chi connectivity index (χ4v) is 5.64. The van der Waals surface area contributed by atoms with Crippen LogP contribution >= 0.6 is 11.8 Å². The summed E-state index contributed by atoms with van der Waals surface area (Å²) in [5.74, 6) is 1.50. The van der Waals surface area contributed by atoms with Gasteiger partial charge in [-0.3, -0.25) is 14.6 Å². The lowest BCUT2D eigenvalue weighted by molar-refractivity contribution is -0.138. The molecule has 1 N–H and O–H groups in total. The summed E-state index contributed by atoms with van der Waals surface area (Å²) < 4.78 is 0. The summed E-state index contributed by atoms with van der Waals surface area (Å²) in [5, 5.41) is 9.96. The van der Waals surface area contributed by atoms with Crippen LogP contribution in [-0.4, -0.2) is 63.8 Å². The SMILES string of the molecule is CCCSc1nc(N2CCCC(CC(=O)O)C2)ccc1C(=O)N1CC[C@@H](c2cccnc2)C1. The van der Waals surface area contributed by atoms with E-state index in [1.54, 1.807) is 18.0 Å². The molecule has 4 rings (SSSR count). The van der Waals surface area contributed by atoms with Gasteiger partial charge in [0.05, 0.1) is 5.56 Å². The van der Waals surface area contributed by atoms with Crippen molar-refractivity contribution >= 4 is 29.5 Å². The lowest BCUT2D eigenvalue weighted by Gasteiger charge is -2.33. The molecule has 2 saturated heterocycles. The lowest BCUT2D eigenvalue weighted by Crippen LogP contribution is -2.37. The maximum absolute atomic E-state index is 13.4. The van der Waals surface area contributed by atoms with Crippen molar-refractivity contribution in [3.8, 4) is 0 Å². The minimum Gasteiger partial charge on any atom is -0.481 e. The van der Waals surface area contributed by atoms with Crippen molar-refractivity contribution in [3.05, 3.63) is 47.8 Å². The van der Waals surface area contributed by atoms with Gasteiger partial charge in [-0.25, -0.2) is 4.98 Å². The molecule has 176 valence electrons. The summed E-state index contributed by atoms with van der Waals surface area (Å²) in [4.78, 5) is 37.8. The van der Waals surface area contributed by atoms with Crippen molar-refractivity contribution in [2.75, 3.05) is 36.8 Å². The molecule has 2 atom stereocenters. The van der Waals surface area contributed by atoms with Gasteiger partial charge in [0.15, 0.2) is 0 Å². The summed E-state index contributed by atoms with van der Waals surface area (Å²) in [6, 6.07) is 7.88. The highest BCUT2D eigenvalue weighted by atomic mass is 32.2. The zero-order valence-corrected chi connectivity index (χ0v) is 20.0. The third-order valence-corrected chi connectivity index (χ3v) is 7.65. The van der Waals surface area contributed by atoms with Crippen molar-refractivity contribution in [2.24, 2.45) is 5.92 Å². The number of hydrogen-bond acceptors (Lipinski definition) is 6. The second-order valence-electron chi connectivity index (χ2n) is 8.95. The number of aliphatic carboxylic acids is 1. The van der Waals surface area contributed by atoms with Gasteiger partial charge in [-0.15, -0.1) is 11.8 Å². The number of piperidine rings is 1. The smallest absolute Gasteiger partial charge is 0.303 e. The molecule has 8 heteroatoms. The number of carbonyl (C=O) groups excluding carboxylic acids is 1. The number of nitrogens with zero attached hydrogens (tertiary/aromatic N) is 4. The van der Waals surface area contributed by atoms with E-state index in [0.29, 0.717) is 24.6 Å². The number of rotatable bonds is 8. The third-order valence-electron chi connectivity index (χ3n) is 6.46. The number of carbonyl (C=O) groups is 2. The van der Waals surface area contributed by atoms with E-state index in [4.69, 9.17) is 4.98 Å². The first-order valence-electron chi connectivity index (χ1n) is 11.8. The Morgan fingerprint density at radius 3 is 2.82 bits per heavy atom. The number of pyridine rings is 2. The molecule has 0 spiro atoms. The first-order valence-corrected chi connectivity index (χ1v) is 12.8. The predicted octanol–water partition coefficient (Wildman–Crippen LogP) is 4.30. The molecule has 2 aromatic heterocycles. The van der Waals surface area contributed by atoms with Crippen molar-refractivity contribution in [2.45, 2.75) is 50.0 Å². The molecule has 0 radical (unpaired) electrons. The van der Waals surface area contributed by atoms with Crippen molar-refractivity contribution < 1.29 is 14.7 Å². The summed E-state index contributed by atoms with van der Waals surface area (Å²) >= 11 is 1.63. The van der Waals surface area contributed by atoms with Crippen LogP contribution < -0.4 is 4.90 Å². The zero-order chi connectivity index (χ0) is 23.2. The Morgan fingerprint density at radius 1 is 1.18 bits per heavy atom. The fourth-order valence-electron chi connectivity index (χ4n) is 4.77. The number of carboxylic acid groups (broad SMARTS) is 1. The Labute approximate surface area is 199 Å². The van der Waals surface area contributed by atoms with Crippen LogP contribution in [0.4, 0.5) is 5.82 Å². The topological polar surface area (TPSA) is 86.6 Å². The molecule has 0 aliphatic carbocycles. The van der Waals surface area contributed by atoms with E-state index < -0.39 is 5.97 Å². The highest BCUT2D eigenvalue weighted by molar-refractivity contribution is 7.99. The van der Waals surface area contributed by atoms with Gasteiger partial charge in [-0.2, -0.15) is 0 Å². The molecule has 1 unspecified atom stereocenters. The Hall–Kier alpha value is -2.61. The van der Waals surface area contributed by atoms with E-state index in [0.717, 1.165) is 55.4 Å². The van der Waals surface area contributed by atoms with E-state index >= 15 is 0 Å². The maximum atomic E-state index is 13.4. The van der Waals surface area contributed by atoms with E-state index in [2.05, 4.69) is 22.9 Å². The number of aromatic nitrogens is 2. The molecule has 4 heterocycles. The van der Waals surface area contributed by atoms with Crippen molar-refractivity contribution in [3.63, 3.8) is 0 Å². The van der Waals surface area contributed by atoms with Gasteiger partial charge in [0.25, 0.3) is 5.91 Å². The third kappa shape index (κ3) is 5.85. The van der Waals surface area contributed by atoms with Crippen molar-refractivity contribution in [1.82, 2.24) is 14.9 Å². The van der Waals surface area contributed by atoms with Crippen LogP contribution in [0.25, 0.3) is 0 Å². The van der Waals surface area contributed by atoms with Crippen molar-refractivity contribution in [1.29, 1.82) is 0 Å². The fraction of sp³-hybridized carbons (Fsp3) is 0.520. The second-order valence-corrected chi connectivity index (χ2v) is 10.0. The number of likely N-dealkylation sites (tertiary alicyclic amines) is 1. The monoisotopic (exact) mass is 468 g/mol. The standard InChI is InChI=1S/C25H32N4O3S/c1-2-13-33-24-21(25(32)29-12-9-20(17-29)19-6-3-10-26-15-19)7-8-22(27-24)28-11-4-5-18(16-28)14-23(30)31/h3,6-8,10,15,18,20H,2,4-5,9,11-14,16-17H2,1H3,(H,30,31)/t18?,20-/m1/s1. The molecule has 0 aromatic carbocycles. The highest BCUT2D eigenvalue weighted by Crippen LogP contribution is 2.32. The van der Waals surface area contributed by atoms with Crippen LogP contribution in [0.15, 0.2) is 41.7 Å². The number of thioether (sulfide) groups is 1. The quantitative estimate of drug-likeness (QED) is 0.578. The van der Waals surface area contributed by atoms with Crippen LogP contribution in [-0.2, 0) is 4.79 Å². The molecular formula is C25H32N4O3S. The Balaban J connectivity index is 1.50. The van der Waals surface area contributed by atoms with Gasteiger partial charge >= 0.3 is 5.97 Å². The molecule has 2 aromatic rings. The van der Waals surface area contributed by atoms with Crippen LogP contribution in [0, 0.1) is 5.92 Å². The summed E-state index contributed by atoms with van der Waals surface area (Å²) in [6.07, 6.45) is 7.70. The molecule has 2 aliphatic heterocycles. The van der Waals surface area contributed by atoms with Gasteiger partial charge in [0.1, 0.15) is 10.8 Å². The van der Waals surface area contributed by atoms with E-state index in [1.807, 2.05) is 29.3 Å². The molecule has 0 bridgehead atoms. The van der Waals surface area contributed by atoms with Crippen LogP contribution in [0.1, 0.15) is 60.9 Å². The Kier molecular flexibility index (Phi) is 7.85. The van der Waals surface area contributed by atoms with Gasteiger partial charge in [-0.05, 0) is 61.1 Å². The average Bonchev–Trinajstić information content (AvgIpc) is 3.33. The van der Waals surface area contributed by atoms with Crippen LogP contribution in [0.2, 0.25) is 0 Å². The van der Waals surface area contributed by atoms with Gasteiger partial charge in [0, 0.05) is 50.9 Å². The summed E-state index contributed by atoms with van der Waals surface area (Å²) in [6.45, 7) is 5.13. The second kappa shape index (κ2) is 11.0. The van der Waals surface area contributed by atoms with Gasteiger partial charge in [0.2, 0.25) is 0 Å². The Morgan fingerprint density at radius 2 is 2.06 bits per heavy atom. The molecule has 2 fully saturated rings.